The van der Waals surface area contributed by atoms with Crippen LogP contribution < -0.4 is 10.6 Å². The molecule has 1 heterocycles. The van der Waals surface area contributed by atoms with Crippen LogP contribution in [0.15, 0.2) is 42.6 Å². The number of esters is 1. The van der Waals surface area contributed by atoms with E-state index in [-0.39, 0.29) is 12.5 Å². The van der Waals surface area contributed by atoms with E-state index in [0.717, 1.165) is 12.8 Å². The minimum absolute atomic E-state index is 0.279. The van der Waals surface area contributed by atoms with E-state index in [1.165, 1.54) is 12.8 Å². The molecular weight excluding hydrogens is 330 g/mol. The third-order valence-corrected chi connectivity index (χ3v) is 4.40. The Kier molecular flexibility index (Phi) is 5.84. The van der Waals surface area contributed by atoms with E-state index in [4.69, 9.17) is 4.74 Å². The lowest BCUT2D eigenvalue weighted by atomic mass is 10.1. The number of amides is 1. The summed E-state index contributed by atoms with van der Waals surface area (Å²) in [4.78, 5) is 29.0. The maximum absolute atomic E-state index is 12.6. The second kappa shape index (κ2) is 8.47. The van der Waals surface area contributed by atoms with E-state index in [2.05, 4.69) is 15.6 Å². The van der Waals surface area contributed by atoms with Gasteiger partial charge in [-0.15, -0.1) is 0 Å². The van der Waals surface area contributed by atoms with Gasteiger partial charge >= 0.3 is 5.97 Å². The Labute approximate surface area is 153 Å². The number of para-hydroxylation sites is 1. The second-order valence-electron chi connectivity index (χ2n) is 6.28. The molecule has 1 amide bonds. The number of hydrogen-bond acceptors (Lipinski definition) is 5. The van der Waals surface area contributed by atoms with Gasteiger partial charge in [-0.1, -0.05) is 25.0 Å². The highest BCUT2D eigenvalue weighted by Gasteiger charge is 2.17. The number of carbonyl (C=O) groups is 2. The monoisotopic (exact) mass is 353 g/mol. The summed E-state index contributed by atoms with van der Waals surface area (Å²) in [6.45, 7) is 2.02. The number of aromatic nitrogens is 1. The van der Waals surface area contributed by atoms with Crippen molar-refractivity contribution in [2.24, 2.45) is 0 Å². The fourth-order valence-corrected chi connectivity index (χ4v) is 3.10. The molecule has 136 valence electrons. The summed E-state index contributed by atoms with van der Waals surface area (Å²) < 4.78 is 5.04. The van der Waals surface area contributed by atoms with Gasteiger partial charge in [-0.2, -0.15) is 0 Å². The van der Waals surface area contributed by atoms with E-state index >= 15 is 0 Å². The Hall–Kier alpha value is -2.89. The molecule has 0 unspecified atom stereocenters. The van der Waals surface area contributed by atoms with Crippen LogP contribution in [0.4, 0.5) is 11.5 Å². The highest BCUT2D eigenvalue weighted by molar-refractivity contribution is 6.08. The summed E-state index contributed by atoms with van der Waals surface area (Å²) in [5, 5.41) is 6.17. The quantitative estimate of drug-likeness (QED) is 0.771. The number of hydrogen-bond donors (Lipinski definition) is 2. The van der Waals surface area contributed by atoms with Gasteiger partial charge in [0.05, 0.1) is 17.9 Å². The molecule has 1 aromatic heterocycles. The first kappa shape index (κ1) is 17.9. The van der Waals surface area contributed by atoms with Gasteiger partial charge in [-0.3, -0.25) is 4.79 Å². The van der Waals surface area contributed by atoms with Crippen LogP contribution in [0.3, 0.4) is 0 Å². The zero-order chi connectivity index (χ0) is 18.4. The zero-order valence-electron chi connectivity index (χ0n) is 14.8. The lowest BCUT2D eigenvalue weighted by Crippen LogP contribution is -2.18. The first-order chi connectivity index (χ1) is 12.7. The molecule has 26 heavy (non-hydrogen) atoms. The second-order valence-corrected chi connectivity index (χ2v) is 6.28. The van der Waals surface area contributed by atoms with E-state index in [1.807, 2.05) is 0 Å². The van der Waals surface area contributed by atoms with Crippen LogP contribution in [0.1, 0.15) is 53.3 Å². The average molecular weight is 353 g/mol. The van der Waals surface area contributed by atoms with E-state index < -0.39 is 5.97 Å². The van der Waals surface area contributed by atoms with E-state index in [0.29, 0.717) is 28.7 Å². The van der Waals surface area contributed by atoms with Crippen LogP contribution in [0.25, 0.3) is 0 Å². The number of nitrogens with one attached hydrogen (secondary N) is 2. The van der Waals surface area contributed by atoms with Crippen molar-refractivity contribution in [3.63, 3.8) is 0 Å². The SMILES string of the molecule is CCOC(=O)c1ccccc1NC(=O)c1ccnc(NC2CCCC2)c1. The van der Waals surface area contributed by atoms with Crippen molar-refractivity contribution in [1.29, 1.82) is 0 Å². The number of benzene rings is 1. The standard InChI is InChI=1S/C20H23N3O3/c1-2-26-20(25)16-9-5-6-10-17(16)23-19(24)14-11-12-21-18(13-14)22-15-7-3-4-8-15/h5-6,9-13,15H,2-4,7-8H2,1H3,(H,21,22)(H,23,24). The highest BCUT2D eigenvalue weighted by Crippen LogP contribution is 2.22. The normalized spacial score (nSPS) is 14.0. The van der Waals surface area contributed by atoms with Gasteiger partial charge in [0.25, 0.3) is 5.91 Å². The Morgan fingerprint density at radius 2 is 1.96 bits per heavy atom. The van der Waals surface area contributed by atoms with Crippen molar-refractivity contribution < 1.29 is 14.3 Å². The van der Waals surface area contributed by atoms with Crippen molar-refractivity contribution in [3.05, 3.63) is 53.7 Å². The van der Waals surface area contributed by atoms with Crippen molar-refractivity contribution in [2.75, 3.05) is 17.2 Å². The van der Waals surface area contributed by atoms with Gasteiger partial charge in [0.15, 0.2) is 0 Å². The molecule has 0 radical (unpaired) electrons. The van der Waals surface area contributed by atoms with Crippen LogP contribution in [-0.2, 0) is 4.74 Å². The molecule has 0 spiro atoms. The third kappa shape index (κ3) is 4.39. The van der Waals surface area contributed by atoms with Gasteiger partial charge in [-0.25, -0.2) is 9.78 Å². The minimum Gasteiger partial charge on any atom is -0.462 e. The van der Waals surface area contributed by atoms with Crippen LogP contribution in [-0.4, -0.2) is 29.5 Å². The lowest BCUT2D eigenvalue weighted by Gasteiger charge is -2.14. The summed E-state index contributed by atoms with van der Waals surface area (Å²) >= 11 is 0. The molecule has 1 aromatic carbocycles. The molecule has 0 bridgehead atoms. The van der Waals surface area contributed by atoms with Crippen molar-refractivity contribution in [2.45, 2.75) is 38.6 Å². The van der Waals surface area contributed by atoms with Crippen molar-refractivity contribution in [1.82, 2.24) is 4.98 Å². The van der Waals surface area contributed by atoms with Crippen molar-refractivity contribution in [3.8, 4) is 0 Å². The number of anilines is 2. The molecule has 6 heteroatoms. The molecule has 1 aliphatic rings. The largest absolute Gasteiger partial charge is 0.462 e. The summed E-state index contributed by atoms with van der Waals surface area (Å²) in [6.07, 6.45) is 6.32. The van der Waals surface area contributed by atoms with Crippen LogP contribution >= 0.6 is 0 Å². The fourth-order valence-electron chi connectivity index (χ4n) is 3.10. The molecule has 0 saturated heterocycles. The first-order valence-electron chi connectivity index (χ1n) is 8.97. The molecule has 0 atom stereocenters. The number of nitrogens with zero attached hydrogens (tertiary/aromatic N) is 1. The van der Waals surface area contributed by atoms with Gasteiger partial charge in [0, 0.05) is 17.8 Å². The van der Waals surface area contributed by atoms with Gasteiger partial charge in [0.1, 0.15) is 5.82 Å². The van der Waals surface area contributed by atoms with Crippen LogP contribution in [0.5, 0.6) is 0 Å². The fraction of sp³-hybridized carbons (Fsp3) is 0.350. The van der Waals surface area contributed by atoms with Gasteiger partial charge in [-0.05, 0) is 44.0 Å². The van der Waals surface area contributed by atoms with E-state index in [1.54, 1.807) is 49.5 Å². The molecule has 2 N–H and O–H groups in total. The third-order valence-electron chi connectivity index (χ3n) is 4.40. The molecule has 2 aromatic rings. The lowest BCUT2D eigenvalue weighted by molar-refractivity contribution is 0.0527. The van der Waals surface area contributed by atoms with Crippen molar-refractivity contribution >= 4 is 23.4 Å². The number of pyridine rings is 1. The molecule has 1 fully saturated rings. The minimum atomic E-state index is -0.457. The Morgan fingerprint density at radius 3 is 2.73 bits per heavy atom. The Balaban J connectivity index is 1.73. The topological polar surface area (TPSA) is 80.3 Å². The van der Waals surface area contributed by atoms with Gasteiger partial charge in [0.2, 0.25) is 0 Å². The predicted molar refractivity (Wildman–Crippen MR) is 100 cm³/mol. The maximum atomic E-state index is 12.6. The van der Waals surface area contributed by atoms with Crippen LogP contribution in [0.2, 0.25) is 0 Å². The predicted octanol–water partition coefficient (Wildman–Crippen LogP) is 3.87. The summed E-state index contributed by atoms with van der Waals surface area (Å²) in [6, 6.07) is 10.6. The first-order valence-corrected chi connectivity index (χ1v) is 8.97. The van der Waals surface area contributed by atoms with Crippen LogP contribution in [0, 0.1) is 0 Å². The van der Waals surface area contributed by atoms with E-state index in [9.17, 15) is 9.59 Å². The Morgan fingerprint density at radius 1 is 1.19 bits per heavy atom. The van der Waals surface area contributed by atoms with Gasteiger partial charge < -0.3 is 15.4 Å². The number of carbonyl (C=O) groups excluding carboxylic acids is 2. The average Bonchev–Trinajstić information content (AvgIpc) is 3.15. The number of ether oxygens (including phenoxy) is 1. The summed E-state index contributed by atoms with van der Waals surface area (Å²) in [7, 11) is 0. The maximum Gasteiger partial charge on any atom is 0.340 e. The number of rotatable bonds is 6. The Bertz CT molecular complexity index is 785. The molecule has 1 saturated carbocycles. The molecule has 1 aliphatic carbocycles. The summed E-state index contributed by atoms with van der Waals surface area (Å²) in [5.41, 5.74) is 1.25. The zero-order valence-corrected chi connectivity index (χ0v) is 14.8. The smallest absolute Gasteiger partial charge is 0.340 e. The molecule has 3 rings (SSSR count). The highest BCUT2D eigenvalue weighted by atomic mass is 16.5. The molecule has 0 aliphatic heterocycles. The summed E-state index contributed by atoms with van der Waals surface area (Å²) in [5.74, 6) is -0.0523. The molecular formula is C20H23N3O3. The molecule has 6 nitrogen and oxygen atoms in total.